The number of para-hydroxylation sites is 1. The van der Waals surface area contributed by atoms with Crippen LogP contribution in [-0.2, 0) is 6.42 Å². The summed E-state index contributed by atoms with van der Waals surface area (Å²) >= 11 is 0. The number of fused-ring (bicyclic) bond motifs is 1. The van der Waals surface area contributed by atoms with Crippen molar-refractivity contribution in [3.8, 4) is 5.69 Å². The van der Waals surface area contributed by atoms with Crippen LogP contribution < -0.4 is 15.6 Å². The van der Waals surface area contributed by atoms with Gasteiger partial charge in [0.25, 0.3) is 0 Å². The maximum atomic E-state index is 13.6. The number of aryl methyl sites for hydroxylation is 1. The van der Waals surface area contributed by atoms with Gasteiger partial charge in [0.05, 0.1) is 10.9 Å². The van der Waals surface area contributed by atoms with Crippen molar-refractivity contribution in [2.75, 3.05) is 23.3 Å². The van der Waals surface area contributed by atoms with Gasteiger partial charge >= 0.3 is 0 Å². The van der Waals surface area contributed by atoms with Gasteiger partial charge < -0.3 is 10.2 Å². The van der Waals surface area contributed by atoms with Crippen molar-refractivity contribution in [2.24, 2.45) is 0 Å². The van der Waals surface area contributed by atoms with Gasteiger partial charge in [-0.3, -0.25) is 9.36 Å². The van der Waals surface area contributed by atoms with Crippen molar-refractivity contribution in [2.45, 2.75) is 46.0 Å². The lowest BCUT2D eigenvalue weighted by atomic mass is 10.1. The first kappa shape index (κ1) is 23.6. The third-order valence-corrected chi connectivity index (χ3v) is 6.22. The van der Waals surface area contributed by atoms with E-state index in [-0.39, 0.29) is 5.43 Å². The minimum atomic E-state index is -0.000221. The van der Waals surface area contributed by atoms with Gasteiger partial charge in [0.1, 0.15) is 11.6 Å². The summed E-state index contributed by atoms with van der Waals surface area (Å²) in [6.07, 6.45) is 13.0. The highest BCUT2D eigenvalue weighted by Gasteiger charge is 2.21. The first-order valence-corrected chi connectivity index (χ1v) is 12.2. The second kappa shape index (κ2) is 11.0. The van der Waals surface area contributed by atoms with E-state index < -0.39 is 0 Å². The quantitative estimate of drug-likeness (QED) is 0.401. The lowest BCUT2D eigenvalue weighted by Crippen LogP contribution is -2.31. The number of hydrogen-bond acceptors (Lipinski definition) is 4. The molecule has 0 saturated carbocycles. The van der Waals surface area contributed by atoms with E-state index in [1.807, 2.05) is 37.3 Å². The molecule has 5 heteroatoms. The number of piperidine rings is 1. The number of nitrogens with one attached hydrogen (secondary N) is 1. The van der Waals surface area contributed by atoms with Gasteiger partial charge in [0.15, 0.2) is 5.43 Å². The van der Waals surface area contributed by atoms with Crippen LogP contribution in [0.4, 0.5) is 11.6 Å². The van der Waals surface area contributed by atoms with Crippen molar-refractivity contribution >= 4 is 22.5 Å². The van der Waals surface area contributed by atoms with Crippen LogP contribution in [-0.4, -0.2) is 22.6 Å². The standard InChI is InChI=1S/C29H34N4O/c1-4-6-7-10-15-22(3)30-27-21-26(34)28-25(33(27)24-16-11-8-12-17-24)20-23(5-2)31-29(28)32-18-13-9-14-19-32/h4,6-8,11-12,15-17,20-21,30H,1,5,9-10,13-14,18-19H2,2-3H3/b7-6-,22-15+. The zero-order valence-corrected chi connectivity index (χ0v) is 20.3. The number of allylic oxidation sites excluding steroid dienone is 5. The fourth-order valence-corrected chi connectivity index (χ4v) is 4.51. The van der Waals surface area contributed by atoms with Crippen molar-refractivity contribution in [3.63, 3.8) is 0 Å². The van der Waals surface area contributed by atoms with Crippen molar-refractivity contribution in [1.82, 2.24) is 9.55 Å². The van der Waals surface area contributed by atoms with Crippen LogP contribution >= 0.6 is 0 Å². The summed E-state index contributed by atoms with van der Waals surface area (Å²) in [4.78, 5) is 20.8. The Morgan fingerprint density at radius 1 is 1.15 bits per heavy atom. The molecule has 0 unspecified atom stereocenters. The summed E-state index contributed by atoms with van der Waals surface area (Å²) in [7, 11) is 0. The van der Waals surface area contributed by atoms with Gasteiger partial charge in [-0.25, -0.2) is 4.98 Å². The van der Waals surface area contributed by atoms with Gasteiger partial charge in [-0.15, -0.1) is 0 Å². The Balaban J connectivity index is 1.93. The minimum Gasteiger partial charge on any atom is -0.356 e. The van der Waals surface area contributed by atoms with Crippen molar-refractivity contribution in [1.29, 1.82) is 0 Å². The monoisotopic (exact) mass is 454 g/mol. The average molecular weight is 455 g/mol. The molecule has 0 atom stereocenters. The molecule has 4 rings (SSSR count). The molecule has 1 aliphatic rings. The van der Waals surface area contributed by atoms with E-state index in [1.165, 1.54) is 6.42 Å². The highest BCUT2D eigenvalue weighted by Crippen LogP contribution is 2.30. The Hall–Kier alpha value is -3.60. The molecular weight excluding hydrogens is 420 g/mol. The van der Waals surface area contributed by atoms with Crippen LogP contribution in [0, 0.1) is 0 Å². The lowest BCUT2D eigenvalue weighted by Gasteiger charge is -2.29. The number of aromatic nitrogens is 2. The van der Waals surface area contributed by atoms with E-state index in [1.54, 1.807) is 12.1 Å². The van der Waals surface area contributed by atoms with Crippen molar-refractivity contribution < 1.29 is 0 Å². The number of nitrogens with zero attached hydrogens (tertiary/aromatic N) is 3. The maximum absolute atomic E-state index is 13.6. The molecule has 0 spiro atoms. The van der Waals surface area contributed by atoms with Gasteiger partial charge in [-0.05, 0) is 57.2 Å². The summed E-state index contributed by atoms with van der Waals surface area (Å²) in [5.74, 6) is 1.58. The molecule has 34 heavy (non-hydrogen) atoms. The first-order chi connectivity index (χ1) is 16.6. The molecule has 5 nitrogen and oxygen atoms in total. The summed E-state index contributed by atoms with van der Waals surface area (Å²) in [5, 5.41) is 4.18. The summed E-state index contributed by atoms with van der Waals surface area (Å²) in [6.45, 7) is 9.74. The third kappa shape index (κ3) is 5.14. The fourth-order valence-electron chi connectivity index (χ4n) is 4.51. The minimum absolute atomic E-state index is 0.000221. The molecule has 3 aromatic rings. The highest BCUT2D eigenvalue weighted by molar-refractivity contribution is 5.93. The van der Waals surface area contributed by atoms with Gasteiger partial charge in [0.2, 0.25) is 0 Å². The Morgan fingerprint density at radius 3 is 2.62 bits per heavy atom. The maximum Gasteiger partial charge on any atom is 0.195 e. The van der Waals surface area contributed by atoms with Gasteiger partial charge in [-0.1, -0.05) is 56.0 Å². The Morgan fingerprint density at radius 2 is 1.91 bits per heavy atom. The smallest absolute Gasteiger partial charge is 0.195 e. The molecule has 3 heterocycles. The molecule has 0 bridgehead atoms. The summed E-state index contributed by atoms with van der Waals surface area (Å²) in [6, 6.07) is 14.0. The van der Waals surface area contributed by atoms with Crippen LogP contribution in [0.3, 0.4) is 0 Å². The predicted molar refractivity (Wildman–Crippen MR) is 144 cm³/mol. The fraction of sp³-hybridized carbons (Fsp3) is 0.310. The molecule has 0 aliphatic carbocycles. The van der Waals surface area contributed by atoms with E-state index in [4.69, 9.17) is 4.98 Å². The zero-order chi connectivity index (χ0) is 23.9. The lowest BCUT2D eigenvalue weighted by molar-refractivity contribution is 0.574. The molecule has 1 N–H and O–H groups in total. The number of rotatable bonds is 8. The normalized spacial score (nSPS) is 14.6. The molecular formula is C29H34N4O. The number of pyridine rings is 2. The van der Waals surface area contributed by atoms with E-state index in [2.05, 4.69) is 52.6 Å². The second-order valence-corrected chi connectivity index (χ2v) is 8.71. The zero-order valence-electron chi connectivity index (χ0n) is 20.3. The van der Waals surface area contributed by atoms with Crippen LogP contribution in [0.15, 0.2) is 83.8 Å². The molecule has 0 amide bonds. The Labute approximate surface area is 202 Å². The van der Waals surface area contributed by atoms with E-state index in [0.717, 1.165) is 73.0 Å². The SMILES string of the molecule is C=C/C=C\C/C=C(\C)Nc1cc(=O)c2c(N3CCCCC3)nc(CC)cc2n1-c1ccccc1. The van der Waals surface area contributed by atoms with E-state index >= 15 is 0 Å². The Bertz CT molecular complexity index is 1260. The van der Waals surface area contributed by atoms with Crippen LogP contribution in [0.2, 0.25) is 0 Å². The summed E-state index contributed by atoms with van der Waals surface area (Å²) in [5.41, 5.74) is 3.88. The Kier molecular flexibility index (Phi) is 7.63. The van der Waals surface area contributed by atoms with Gasteiger partial charge in [0, 0.05) is 36.2 Å². The molecule has 1 aromatic carbocycles. The molecule has 176 valence electrons. The van der Waals surface area contributed by atoms with Crippen LogP contribution in [0.25, 0.3) is 16.6 Å². The molecule has 1 saturated heterocycles. The number of benzene rings is 1. The number of hydrogen-bond donors (Lipinski definition) is 1. The summed E-state index contributed by atoms with van der Waals surface area (Å²) < 4.78 is 2.15. The molecule has 0 radical (unpaired) electrons. The molecule has 1 fully saturated rings. The van der Waals surface area contributed by atoms with Crippen LogP contribution in [0.5, 0.6) is 0 Å². The topological polar surface area (TPSA) is 50.2 Å². The number of anilines is 2. The highest BCUT2D eigenvalue weighted by atomic mass is 16.1. The predicted octanol–water partition coefficient (Wildman–Crippen LogP) is 6.39. The van der Waals surface area contributed by atoms with E-state index in [9.17, 15) is 4.79 Å². The van der Waals surface area contributed by atoms with Crippen molar-refractivity contribution in [3.05, 3.63) is 95.0 Å². The van der Waals surface area contributed by atoms with Gasteiger partial charge in [-0.2, -0.15) is 0 Å². The average Bonchev–Trinajstić information content (AvgIpc) is 2.87. The van der Waals surface area contributed by atoms with Crippen LogP contribution in [0.1, 0.15) is 45.2 Å². The third-order valence-electron chi connectivity index (χ3n) is 6.22. The van der Waals surface area contributed by atoms with E-state index in [0.29, 0.717) is 5.39 Å². The molecule has 1 aliphatic heterocycles. The largest absolute Gasteiger partial charge is 0.356 e. The second-order valence-electron chi connectivity index (χ2n) is 8.71. The molecule has 2 aromatic heterocycles. The first-order valence-electron chi connectivity index (χ1n) is 12.2.